The van der Waals surface area contributed by atoms with Crippen LogP contribution in [0, 0.1) is 20.8 Å². The molecule has 1 aromatic heterocycles. The van der Waals surface area contributed by atoms with Crippen molar-refractivity contribution in [1.82, 2.24) is 9.88 Å². The highest BCUT2D eigenvalue weighted by molar-refractivity contribution is 6.03. The lowest BCUT2D eigenvalue weighted by Crippen LogP contribution is -2.44. The first-order valence-corrected chi connectivity index (χ1v) is 8.73. The zero-order valence-corrected chi connectivity index (χ0v) is 15.5. The monoisotopic (exact) mass is 338 g/mol. The Kier molecular flexibility index (Phi) is 5.04. The first-order valence-electron chi connectivity index (χ1n) is 8.73. The lowest BCUT2D eigenvalue weighted by atomic mass is 10.0. The molecule has 0 unspecified atom stereocenters. The van der Waals surface area contributed by atoms with Gasteiger partial charge in [-0.3, -0.25) is 4.79 Å². The molecule has 5 heteroatoms. The Morgan fingerprint density at radius 3 is 2.24 bits per heavy atom. The van der Waals surface area contributed by atoms with Crippen molar-refractivity contribution in [3.63, 3.8) is 0 Å². The van der Waals surface area contributed by atoms with Crippen molar-refractivity contribution in [3.05, 3.63) is 52.8 Å². The number of hydrogen-bond donors (Lipinski definition) is 1. The topological polar surface area (TPSA) is 48.5 Å². The highest BCUT2D eigenvalue weighted by atomic mass is 16.1. The van der Waals surface area contributed by atoms with Gasteiger partial charge in [0.25, 0.3) is 5.91 Å². The lowest BCUT2D eigenvalue weighted by molar-refractivity contribution is 0.102. The number of hydrogen-bond acceptors (Lipinski definition) is 4. The van der Waals surface area contributed by atoms with Crippen LogP contribution < -0.4 is 10.2 Å². The minimum atomic E-state index is -0.167. The summed E-state index contributed by atoms with van der Waals surface area (Å²) in [5, 5.41) is 3.01. The van der Waals surface area contributed by atoms with Gasteiger partial charge in [0.15, 0.2) is 0 Å². The number of aromatic nitrogens is 1. The minimum Gasteiger partial charge on any atom is -0.368 e. The molecule has 1 aromatic carbocycles. The van der Waals surface area contributed by atoms with E-state index >= 15 is 0 Å². The van der Waals surface area contributed by atoms with Gasteiger partial charge in [-0.25, -0.2) is 4.98 Å². The maximum atomic E-state index is 12.5. The first-order chi connectivity index (χ1) is 11.9. The van der Waals surface area contributed by atoms with Crippen molar-refractivity contribution in [2.24, 2.45) is 0 Å². The summed E-state index contributed by atoms with van der Waals surface area (Å²) < 4.78 is 0. The quantitative estimate of drug-likeness (QED) is 0.935. The van der Waals surface area contributed by atoms with Crippen LogP contribution in [0.5, 0.6) is 0 Å². The molecule has 132 valence electrons. The summed E-state index contributed by atoms with van der Waals surface area (Å²) in [7, 11) is 2.14. The second-order valence-corrected chi connectivity index (χ2v) is 6.92. The highest BCUT2D eigenvalue weighted by Gasteiger charge is 2.16. The molecule has 1 aliphatic heterocycles. The van der Waals surface area contributed by atoms with Crippen LogP contribution >= 0.6 is 0 Å². The third kappa shape index (κ3) is 3.99. The van der Waals surface area contributed by atoms with Crippen LogP contribution in [0.15, 0.2) is 30.5 Å². The van der Waals surface area contributed by atoms with E-state index in [9.17, 15) is 4.79 Å². The second kappa shape index (κ2) is 7.23. The number of carbonyl (C=O) groups is 1. The van der Waals surface area contributed by atoms with E-state index in [0.717, 1.165) is 48.7 Å². The molecule has 3 rings (SSSR count). The molecule has 0 radical (unpaired) electrons. The van der Waals surface area contributed by atoms with Crippen LogP contribution in [0.4, 0.5) is 11.4 Å². The average molecular weight is 338 g/mol. The number of anilines is 2. The third-order valence-corrected chi connectivity index (χ3v) is 4.76. The Morgan fingerprint density at radius 2 is 1.68 bits per heavy atom. The maximum absolute atomic E-state index is 12.5. The van der Waals surface area contributed by atoms with Crippen molar-refractivity contribution < 1.29 is 4.79 Å². The van der Waals surface area contributed by atoms with Crippen molar-refractivity contribution in [2.75, 3.05) is 43.4 Å². The Bertz CT molecular complexity index is 739. The van der Waals surface area contributed by atoms with E-state index in [1.54, 1.807) is 6.20 Å². The van der Waals surface area contributed by atoms with E-state index in [2.05, 4.69) is 46.2 Å². The summed E-state index contributed by atoms with van der Waals surface area (Å²) in [5.74, 6) is -0.167. The summed E-state index contributed by atoms with van der Waals surface area (Å²) in [6.45, 7) is 10.2. The third-order valence-electron chi connectivity index (χ3n) is 4.76. The van der Waals surface area contributed by atoms with Crippen molar-refractivity contribution in [1.29, 1.82) is 0 Å². The molecule has 2 aromatic rings. The number of carbonyl (C=O) groups excluding carboxylic acids is 1. The van der Waals surface area contributed by atoms with Gasteiger partial charge in [0.1, 0.15) is 5.69 Å². The molecule has 1 saturated heterocycles. The highest BCUT2D eigenvalue weighted by Crippen LogP contribution is 2.23. The summed E-state index contributed by atoms with van der Waals surface area (Å²) in [4.78, 5) is 21.5. The zero-order valence-electron chi connectivity index (χ0n) is 15.5. The molecule has 25 heavy (non-hydrogen) atoms. The summed E-state index contributed by atoms with van der Waals surface area (Å²) >= 11 is 0. The summed E-state index contributed by atoms with van der Waals surface area (Å²) in [5.41, 5.74) is 5.73. The average Bonchev–Trinajstić information content (AvgIpc) is 2.59. The van der Waals surface area contributed by atoms with Crippen molar-refractivity contribution in [2.45, 2.75) is 20.8 Å². The summed E-state index contributed by atoms with van der Waals surface area (Å²) in [6.07, 6.45) is 1.80. The lowest BCUT2D eigenvalue weighted by Gasteiger charge is -2.33. The number of benzene rings is 1. The van der Waals surface area contributed by atoms with E-state index in [1.807, 2.05) is 26.0 Å². The molecule has 1 amide bonds. The summed E-state index contributed by atoms with van der Waals surface area (Å²) in [6, 6.07) is 7.95. The Balaban J connectivity index is 1.71. The zero-order chi connectivity index (χ0) is 18.0. The van der Waals surface area contributed by atoms with Gasteiger partial charge in [0.2, 0.25) is 0 Å². The Morgan fingerprint density at radius 1 is 1.04 bits per heavy atom. The minimum absolute atomic E-state index is 0.167. The number of amides is 1. The van der Waals surface area contributed by atoms with Gasteiger partial charge >= 0.3 is 0 Å². The fraction of sp³-hybridized carbons (Fsp3) is 0.400. The number of nitrogens with one attached hydrogen (secondary N) is 1. The molecule has 5 nitrogen and oxygen atoms in total. The Hall–Kier alpha value is -2.40. The first kappa shape index (κ1) is 17.4. The van der Waals surface area contributed by atoms with Gasteiger partial charge in [0, 0.05) is 31.9 Å². The van der Waals surface area contributed by atoms with Gasteiger partial charge in [-0.05, 0) is 51.1 Å². The van der Waals surface area contributed by atoms with Crippen LogP contribution in [0.2, 0.25) is 0 Å². The number of aryl methyl sites for hydroxylation is 3. The van der Waals surface area contributed by atoms with Crippen LogP contribution in [0.3, 0.4) is 0 Å². The van der Waals surface area contributed by atoms with Gasteiger partial charge in [-0.2, -0.15) is 0 Å². The van der Waals surface area contributed by atoms with Gasteiger partial charge in [0.05, 0.1) is 11.9 Å². The van der Waals surface area contributed by atoms with Crippen LogP contribution in [0.1, 0.15) is 27.2 Å². The molecular weight excluding hydrogens is 312 g/mol. The molecule has 0 aliphatic carbocycles. The SMILES string of the molecule is Cc1cc(C)c(NC(=O)c2ccc(N3CCN(C)CC3)cn2)c(C)c1. The molecule has 1 N–H and O–H groups in total. The molecule has 0 bridgehead atoms. The van der Waals surface area contributed by atoms with Crippen molar-refractivity contribution >= 4 is 17.3 Å². The predicted octanol–water partition coefficient (Wildman–Crippen LogP) is 3.01. The maximum Gasteiger partial charge on any atom is 0.274 e. The molecule has 1 fully saturated rings. The number of likely N-dealkylation sites (N-methyl/N-ethyl adjacent to an activating group) is 1. The predicted molar refractivity (Wildman–Crippen MR) is 103 cm³/mol. The van der Waals surface area contributed by atoms with Crippen molar-refractivity contribution in [3.8, 4) is 0 Å². The Labute approximate surface area is 149 Å². The number of nitrogens with zero attached hydrogens (tertiary/aromatic N) is 3. The van der Waals surface area contributed by atoms with Crippen LogP contribution in [-0.2, 0) is 0 Å². The second-order valence-electron chi connectivity index (χ2n) is 6.92. The standard InChI is InChI=1S/C20H26N4O/c1-14-11-15(2)19(16(3)12-14)22-20(25)18-6-5-17(13-21-18)24-9-7-23(4)8-10-24/h5-6,11-13H,7-10H2,1-4H3,(H,22,25). The van der Waals surface area contributed by atoms with E-state index in [1.165, 1.54) is 5.56 Å². The number of piperazine rings is 1. The fourth-order valence-corrected chi connectivity index (χ4v) is 3.33. The normalized spacial score (nSPS) is 15.3. The fourth-order valence-electron chi connectivity index (χ4n) is 3.33. The molecular formula is C20H26N4O. The van der Waals surface area contributed by atoms with E-state index in [4.69, 9.17) is 0 Å². The smallest absolute Gasteiger partial charge is 0.274 e. The number of pyridine rings is 1. The molecule has 0 saturated carbocycles. The molecule has 0 atom stereocenters. The van der Waals surface area contributed by atoms with Gasteiger partial charge in [-0.15, -0.1) is 0 Å². The van der Waals surface area contributed by atoms with Crippen LogP contribution in [-0.4, -0.2) is 49.0 Å². The molecule has 1 aliphatic rings. The van der Waals surface area contributed by atoms with Crippen LogP contribution in [0.25, 0.3) is 0 Å². The van der Waals surface area contributed by atoms with E-state index in [0.29, 0.717) is 5.69 Å². The van der Waals surface area contributed by atoms with E-state index < -0.39 is 0 Å². The van der Waals surface area contributed by atoms with Gasteiger partial charge < -0.3 is 15.1 Å². The molecule has 0 spiro atoms. The number of rotatable bonds is 3. The largest absolute Gasteiger partial charge is 0.368 e. The molecule has 2 heterocycles. The van der Waals surface area contributed by atoms with E-state index in [-0.39, 0.29) is 5.91 Å². The van der Waals surface area contributed by atoms with Gasteiger partial charge in [-0.1, -0.05) is 17.7 Å².